The predicted octanol–water partition coefficient (Wildman–Crippen LogP) is 4.97. The second kappa shape index (κ2) is 9.57. The molecular formula is C18H28O2. The molecule has 0 saturated heterocycles. The molecule has 1 aromatic carbocycles. The first-order chi connectivity index (χ1) is 9.63. The number of benzene rings is 1. The Morgan fingerprint density at radius 2 is 1.80 bits per heavy atom. The van der Waals surface area contributed by atoms with Crippen LogP contribution in [0.2, 0.25) is 0 Å². The maximum atomic E-state index is 12.2. The Balaban J connectivity index is 2.44. The molecular weight excluding hydrogens is 248 g/mol. The fraction of sp³-hybridized carbons (Fsp3) is 0.611. The number of unbranched alkanes of at least 4 members (excludes halogenated alkanes) is 1. The molecule has 0 fully saturated rings. The summed E-state index contributed by atoms with van der Waals surface area (Å²) in [5.41, 5.74) is 1.05. The van der Waals surface area contributed by atoms with Gasteiger partial charge < -0.3 is 4.74 Å². The number of rotatable bonds is 9. The molecule has 0 saturated carbocycles. The highest BCUT2D eigenvalue weighted by Crippen LogP contribution is 2.20. The van der Waals surface area contributed by atoms with Crippen molar-refractivity contribution in [2.24, 2.45) is 11.8 Å². The van der Waals surface area contributed by atoms with Gasteiger partial charge >= 0.3 is 5.97 Å². The van der Waals surface area contributed by atoms with Crippen molar-refractivity contribution in [2.45, 2.75) is 59.5 Å². The second-order valence-electron chi connectivity index (χ2n) is 5.90. The van der Waals surface area contributed by atoms with Crippen molar-refractivity contribution in [3.63, 3.8) is 0 Å². The molecule has 0 N–H and O–H groups in total. The summed E-state index contributed by atoms with van der Waals surface area (Å²) in [4.78, 5) is 12.2. The first-order valence-corrected chi connectivity index (χ1v) is 7.84. The lowest BCUT2D eigenvalue weighted by Gasteiger charge is -2.17. The van der Waals surface area contributed by atoms with Crippen LogP contribution in [0.1, 0.15) is 58.4 Å². The van der Waals surface area contributed by atoms with Gasteiger partial charge in [0.2, 0.25) is 0 Å². The van der Waals surface area contributed by atoms with E-state index in [0.29, 0.717) is 12.5 Å². The van der Waals surface area contributed by atoms with E-state index < -0.39 is 0 Å². The highest BCUT2D eigenvalue weighted by molar-refractivity contribution is 5.72. The molecule has 0 aromatic heterocycles. The Bertz CT molecular complexity index is 370. The van der Waals surface area contributed by atoms with Crippen molar-refractivity contribution in [3.05, 3.63) is 35.9 Å². The van der Waals surface area contributed by atoms with Gasteiger partial charge in [-0.3, -0.25) is 4.79 Å². The minimum Gasteiger partial charge on any atom is -0.461 e. The van der Waals surface area contributed by atoms with Crippen molar-refractivity contribution in [1.82, 2.24) is 0 Å². The van der Waals surface area contributed by atoms with Crippen LogP contribution in [0.3, 0.4) is 0 Å². The smallest absolute Gasteiger partial charge is 0.309 e. The van der Waals surface area contributed by atoms with E-state index in [4.69, 9.17) is 4.74 Å². The van der Waals surface area contributed by atoms with Gasteiger partial charge in [-0.1, -0.05) is 70.4 Å². The molecule has 0 aliphatic carbocycles. The minimum atomic E-state index is -0.0250. The van der Waals surface area contributed by atoms with Gasteiger partial charge in [0.1, 0.15) is 6.61 Å². The van der Waals surface area contributed by atoms with Crippen molar-refractivity contribution in [2.75, 3.05) is 0 Å². The Morgan fingerprint density at radius 3 is 2.40 bits per heavy atom. The van der Waals surface area contributed by atoms with E-state index in [9.17, 15) is 4.79 Å². The van der Waals surface area contributed by atoms with E-state index >= 15 is 0 Å². The summed E-state index contributed by atoms with van der Waals surface area (Å²) in [6, 6.07) is 9.88. The zero-order chi connectivity index (χ0) is 14.8. The number of carbonyl (C=O) groups is 1. The molecule has 1 atom stereocenters. The molecule has 1 rings (SSSR count). The summed E-state index contributed by atoms with van der Waals surface area (Å²) in [6.07, 6.45) is 5.23. The Labute approximate surface area is 123 Å². The van der Waals surface area contributed by atoms with Crippen LogP contribution in [0, 0.1) is 11.8 Å². The summed E-state index contributed by atoms with van der Waals surface area (Å²) in [5.74, 6) is 0.685. The molecule has 20 heavy (non-hydrogen) atoms. The van der Waals surface area contributed by atoms with Crippen LogP contribution in [-0.4, -0.2) is 5.97 Å². The highest BCUT2D eigenvalue weighted by Gasteiger charge is 2.19. The summed E-state index contributed by atoms with van der Waals surface area (Å²) in [5, 5.41) is 0. The van der Waals surface area contributed by atoms with Crippen LogP contribution in [-0.2, 0) is 16.1 Å². The SMILES string of the molecule is CCCCC(CCC(C)C)C(=O)OCc1ccccc1. The summed E-state index contributed by atoms with van der Waals surface area (Å²) < 4.78 is 5.48. The highest BCUT2D eigenvalue weighted by atomic mass is 16.5. The first-order valence-electron chi connectivity index (χ1n) is 7.84. The third-order valence-corrected chi connectivity index (χ3v) is 3.56. The number of carbonyl (C=O) groups excluding carboxylic acids is 1. The molecule has 0 spiro atoms. The lowest BCUT2D eigenvalue weighted by atomic mass is 9.93. The van der Waals surface area contributed by atoms with Crippen LogP contribution in [0.4, 0.5) is 0 Å². The van der Waals surface area contributed by atoms with Gasteiger partial charge in [0.25, 0.3) is 0 Å². The summed E-state index contributed by atoms with van der Waals surface area (Å²) in [6.45, 7) is 6.96. The van der Waals surface area contributed by atoms with Crippen molar-refractivity contribution >= 4 is 5.97 Å². The standard InChI is InChI=1S/C18H28O2/c1-4-5-11-17(13-12-15(2)3)18(19)20-14-16-9-7-6-8-10-16/h6-10,15,17H,4-5,11-14H2,1-3H3. The van der Waals surface area contributed by atoms with Crippen molar-refractivity contribution in [1.29, 1.82) is 0 Å². The topological polar surface area (TPSA) is 26.3 Å². The average molecular weight is 276 g/mol. The lowest BCUT2D eigenvalue weighted by Crippen LogP contribution is -2.18. The van der Waals surface area contributed by atoms with Crippen molar-refractivity contribution in [3.8, 4) is 0 Å². The lowest BCUT2D eigenvalue weighted by molar-refractivity contribution is -0.150. The van der Waals surface area contributed by atoms with Crippen LogP contribution < -0.4 is 0 Å². The van der Waals surface area contributed by atoms with Gasteiger partial charge in [0.05, 0.1) is 5.92 Å². The zero-order valence-electron chi connectivity index (χ0n) is 13.1. The van der Waals surface area contributed by atoms with E-state index in [2.05, 4.69) is 20.8 Å². The normalized spacial score (nSPS) is 12.4. The molecule has 2 nitrogen and oxygen atoms in total. The summed E-state index contributed by atoms with van der Waals surface area (Å²) in [7, 11) is 0. The first kappa shape index (κ1) is 16.7. The third-order valence-electron chi connectivity index (χ3n) is 3.56. The van der Waals surface area contributed by atoms with E-state index in [1.165, 1.54) is 0 Å². The monoisotopic (exact) mass is 276 g/mol. The van der Waals surface area contributed by atoms with E-state index in [-0.39, 0.29) is 11.9 Å². The van der Waals surface area contributed by atoms with Gasteiger partial charge in [-0.2, -0.15) is 0 Å². The molecule has 112 valence electrons. The second-order valence-corrected chi connectivity index (χ2v) is 5.90. The molecule has 0 heterocycles. The number of ether oxygens (including phenoxy) is 1. The van der Waals surface area contributed by atoms with Gasteiger partial charge in [-0.05, 0) is 24.3 Å². The average Bonchev–Trinajstić information content (AvgIpc) is 2.45. The number of hydrogen-bond acceptors (Lipinski definition) is 2. The summed E-state index contributed by atoms with van der Waals surface area (Å²) >= 11 is 0. The Morgan fingerprint density at radius 1 is 1.10 bits per heavy atom. The van der Waals surface area contributed by atoms with Crippen LogP contribution >= 0.6 is 0 Å². The van der Waals surface area contributed by atoms with Gasteiger partial charge in [0.15, 0.2) is 0 Å². The Hall–Kier alpha value is -1.31. The molecule has 0 radical (unpaired) electrons. The maximum Gasteiger partial charge on any atom is 0.309 e. The quantitative estimate of drug-likeness (QED) is 0.595. The van der Waals surface area contributed by atoms with E-state index in [1.807, 2.05) is 30.3 Å². The third kappa shape index (κ3) is 6.74. The minimum absolute atomic E-state index is 0.0250. The molecule has 0 aliphatic rings. The van der Waals surface area contributed by atoms with Crippen LogP contribution in [0.25, 0.3) is 0 Å². The van der Waals surface area contributed by atoms with E-state index in [1.54, 1.807) is 0 Å². The van der Waals surface area contributed by atoms with Crippen LogP contribution in [0.5, 0.6) is 0 Å². The Kier molecular flexibility index (Phi) is 8.01. The van der Waals surface area contributed by atoms with Crippen molar-refractivity contribution < 1.29 is 9.53 Å². The fourth-order valence-electron chi connectivity index (χ4n) is 2.21. The molecule has 0 bridgehead atoms. The predicted molar refractivity (Wildman–Crippen MR) is 83.3 cm³/mol. The van der Waals surface area contributed by atoms with Gasteiger partial charge in [-0.15, -0.1) is 0 Å². The molecule has 0 aliphatic heterocycles. The van der Waals surface area contributed by atoms with E-state index in [0.717, 1.165) is 37.7 Å². The van der Waals surface area contributed by atoms with Gasteiger partial charge in [-0.25, -0.2) is 0 Å². The molecule has 2 heteroatoms. The molecule has 1 aromatic rings. The fourth-order valence-corrected chi connectivity index (χ4v) is 2.21. The zero-order valence-corrected chi connectivity index (χ0v) is 13.1. The maximum absolute atomic E-state index is 12.2. The molecule has 1 unspecified atom stereocenters. The van der Waals surface area contributed by atoms with Gasteiger partial charge in [0, 0.05) is 0 Å². The van der Waals surface area contributed by atoms with Crippen LogP contribution in [0.15, 0.2) is 30.3 Å². The number of esters is 1. The molecule has 0 amide bonds. The number of hydrogen-bond donors (Lipinski definition) is 0. The largest absolute Gasteiger partial charge is 0.461 e.